The number of benzene rings is 2. The first kappa shape index (κ1) is 20.3. The molecule has 1 saturated heterocycles. The van der Waals surface area contributed by atoms with Gasteiger partial charge in [-0.3, -0.25) is 14.5 Å². The number of carbonyl (C=O) groups excluding carboxylic acids is 2. The summed E-state index contributed by atoms with van der Waals surface area (Å²) in [6, 6.07) is 14.2. The minimum absolute atomic E-state index is 0.135. The van der Waals surface area contributed by atoms with E-state index in [1.807, 2.05) is 21.9 Å². The summed E-state index contributed by atoms with van der Waals surface area (Å²) in [4.78, 5) is 31.1. The van der Waals surface area contributed by atoms with Gasteiger partial charge in [0.1, 0.15) is 5.82 Å². The Morgan fingerprint density at radius 3 is 2.53 bits per heavy atom. The van der Waals surface area contributed by atoms with Crippen LogP contribution in [-0.2, 0) is 16.0 Å². The average Bonchev–Trinajstić information content (AvgIpc) is 2.74. The first-order chi connectivity index (χ1) is 14.6. The molecule has 4 rings (SSSR count). The standard InChI is InChI=1S/C23H27FN4O2/c24-19-7-3-8-20(15-19)25-22(29)16-26-11-13-27(14-12-26)23(30)17-28-10-4-6-18-5-1-2-9-21(18)28/h1-3,5,7-9,15H,4,6,10-14,16-17H2,(H,25,29). The maximum atomic E-state index is 13.2. The van der Waals surface area contributed by atoms with E-state index in [1.54, 1.807) is 12.1 Å². The number of anilines is 2. The van der Waals surface area contributed by atoms with Gasteiger partial charge in [0, 0.05) is 44.1 Å². The Hall–Kier alpha value is -2.93. The summed E-state index contributed by atoms with van der Waals surface area (Å²) >= 11 is 0. The molecule has 2 heterocycles. The quantitative estimate of drug-likeness (QED) is 0.822. The van der Waals surface area contributed by atoms with Crippen LogP contribution in [0.25, 0.3) is 0 Å². The second kappa shape index (κ2) is 9.26. The molecule has 1 fully saturated rings. The van der Waals surface area contributed by atoms with Crippen LogP contribution < -0.4 is 10.2 Å². The number of carbonyl (C=O) groups is 2. The van der Waals surface area contributed by atoms with E-state index in [9.17, 15) is 14.0 Å². The van der Waals surface area contributed by atoms with Crippen molar-refractivity contribution in [2.24, 2.45) is 0 Å². The molecule has 2 aromatic rings. The van der Waals surface area contributed by atoms with Crippen molar-refractivity contribution in [1.29, 1.82) is 0 Å². The zero-order valence-corrected chi connectivity index (χ0v) is 17.0. The highest BCUT2D eigenvalue weighted by Crippen LogP contribution is 2.26. The van der Waals surface area contributed by atoms with Crippen molar-refractivity contribution >= 4 is 23.2 Å². The first-order valence-corrected chi connectivity index (χ1v) is 10.5. The van der Waals surface area contributed by atoms with Gasteiger partial charge in [-0.25, -0.2) is 4.39 Å². The minimum Gasteiger partial charge on any atom is -0.362 e. The van der Waals surface area contributed by atoms with Gasteiger partial charge in [-0.1, -0.05) is 24.3 Å². The van der Waals surface area contributed by atoms with E-state index in [-0.39, 0.29) is 24.2 Å². The Bertz CT molecular complexity index is 912. The second-order valence-electron chi connectivity index (χ2n) is 7.87. The summed E-state index contributed by atoms with van der Waals surface area (Å²) in [7, 11) is 0. The monoisotopic (exact) mass is 410 g/mol. The number of piperazine rings is 1. The number of nitrogens with zero attached hydrogens (tertiary/aromatic N) is 3. The molecule has 2 amide bonds. The van der Waals surface area contributed by atoms with Gasteiger partial charge < -0.3 is 15.1 Å². The number of amides is 2. The predicted molar refractivity (Wildman–Crippen MR) is 115 cm³/mol. The Labute approximate surface area is 176 Å². The molecule has 0 atom stereocenters. The summed E-state index contributed by atoms with van der Waals surface area (Å²) in [5.41, 5.74) is 2.94. The number of para-hydroxylation sites is 1. The maximum Gasteiger partial charge on any atom is 0.242 e. The van der Waals surface area contributed by atoms with Gasteiger partial charge in [-0.05, 0) is 42.7 Å². The summed E-state index contributed by atoms with van der Waals surface area (Å²) in [5.74, 6) is -0.419. The zero-order valence-electron chi connectivity index (χ0n) is 17.0. The lowest BCUT2D eigenvalue weighted by Crippen LogP contribution is -2.52. The highest BCUT2D eigenvalue weighted by atomic mass is 19.1. The van der Waals surface area contributed by atoms with Crippen LogP contribution >= 0.6 is 0 Å². The van der Waals surface area contributed by atoms with Gasteiger partial charge in [-0.15, -0.1) is 0 Å². The first-order valence-electron chi connectivity index (χ1n) is 10.5. The summed E-state index contributed by atoms with van der Waals surface area (Å²) < 4.78 is 13.2. The van der Waals surface area contributed by atoms with Gasteiger partial charge in [0.2, 0.25) is 11.8 Å². The predicted octanol–water partition coefficient (Wildman–Crippen LogP) is 2.36. The van der Waals surface area contributed by atoms with Crippen molar-refractivity contribution in [3.63, 3.8) is 0 Å². The van der Waals surface area contributed by atoms with Crippen LogP contribution in [-0.4, -0.2) is 67.4 Å². The van der Waals surface area contributed by atoms with Crippen molar-refractivity contribution in [2.75, 3.05) is 56.0 Å². The third kappa shape index (κ3) is 4.97. The summed E-state index contributed by atoms with van der Waals surface area (Å²) in [6.45, 7) is 4.07. The van der Waals surface area contributed by atoms with Crippen LogP contribution in [0.5, 0.6) is 0 Å². The van der Waals surface area contributed by atoms with Gasteiger partial charge in [0.25, 0.3) is 0 Å². The lowest BCUT2D eigenvalue weighted by molar-refractivity contribution is -0.131. The molecule has 1 N–H and O–H groups in total. The Balaban J connectivity index is 1.24. The SMILES string of the molecule is O=C(CN1CCN(C(=O)CN2CCCc3ccccc32)CC1)Nc1cccc(F)c1. The van der Waals surface area contributed by atoms with Crippen molar-refractivity contribution in [2.45, 2.75) is 12.8 Å². The summed E-state index contributed by atoms with van der Waals surface area (Å²) in [6.07, 6.45) is 2.13. The molecule has 2 aromatic carbocycles. The second-order valence-corrected chi connectivity index (χ2v) is 7.87. The minimum atomic E-state index is -0.378. The number of hydrogen-bond acceptors (Lipinski definition) is 4. The molecular formula is C23H27FN4O2. The fourth-order valence-electron chi connectivity index (χ4n) is 4.16. The molecule has 2 aliphatic heterocycles. The number of fused-ring (bicyclic) bond motifs is 1. The third-order valence-electron chi connectivity index (χ3n) is 5.73. The van der Waals surface area contributed by atoms with Crippen LogP contribution in [0, 0.1) is 5.82 Å². The molecule has 0 saturated carbocycles. The molecule has 0 unspecified atom stereocenters. The Kier molecular flexibility index (Phi) is 6.28. The Morgan fingerprint density at radius 2 is 1.73 bits per heavy atom. The fourth-order valence-corrected chi connectivity index (χ4v) is 4.16. The molecule has 7 heteroatoms. The van der Waals surface area contributed by atoms with E-state index in [1.165, 1.54) is 23.4 Å². The number of aryl methyl sites for hydroxylation is 1. The number of halogens is 1. The molecule has 30 heavy (non-hydrogen) atoms. The maximum absolute atomic E-state index is 13.2. The smallest absolute Gasteiger partial charge is 0.242 e. The van der Waals surface area contributed by atoms with Crippen LogP contribution in [0.1, 0.15) is 12.0 Å². The highest BCUT2D eigenvalue weighted by molar-refractivity contribution is 5.92. The lowest BCUT2D eigenvalue weighted by atomic mass is 10.0. The van der Waals surface area contributed by atoms with Gasteiger partial charge in [0.15, 0.2) is 0 Å². The van der Waals surface area contributed by atoms with E-state index in [0.717, 1.165) is 19.4 Å². The zero-order chi connectivity index (χ0) is 20.9. The molecule has 0 bridgehead atoms. The molecule has 2 aliphatic rings. The molecule has 6 nitrogen and oxygen atoms in total. The molecular weight excluding hydrogens is 383 g/mol. The summed E-state index contributed by atoms with van der Waals surface area (Å²) in [5, 5.41) is 2.72. The van der Waals surface area contributed by atoms with E-state index in [0.29, 0.717) is 38.4 Å². The van der Waals surface area contributed by atoms with Crippen molar-refractivity contribution < 1.29 is 14.0 Å². The molecule has 0 aromatic heterocycles. The van der Waals surface area contributed by atoms with Crippen LogP contribution in [0.3, 0.4) is 0 Å². The molecule has 0 radical (unpaired) electrons. The number of hydrogen-bond donors (Lipinski definition) is 1. The molecule has 158 valence electrons. The van der Waals surface area contributed by atoms with Crippen molar-refractivity contribution in [3.8, 4) is 0 Å². The number of rotatable bonds is 5. The normalized spacial score (nSPS) is 16.8. The van der Waals surface area contributed by atoms with Crippen LogP contribution in [0.4, 0.5) is 15.8 Å². The molecule has 0 spiro atoms. The highest BCUT2D eigenvalue weighted by Gasteiger charge is 2.25. The Morgan fingerprint density at radius 1 is 0.933 bits per heavy atom. The van der Waals surface area contributed by atoms with Crippen LogP contribution in [0.2, 0.25) is 0 Å². The van der Waals surface area contributed by atoms with Crippen molar-refractivity contribution in [1.82, 2.24) is 9.80 Å². The topological polar surface area (TPSA) is 55.9 Å². The van der Waals surface area contributed by atoms with Gasteiger partial charge in [0.05, 0.1) is 13.1 Å². The van der Waals surface area contributed by atoms with E-state index in [2.05, 4.69) is 22.3 Å². The average molecular weight is 410 g/mol. The number of nitrogens with one attached hydrogen (secondary N) is 1. The third-order valence-corrected chi connectivity index (χ3v) is 5.73. The van der Waals surface area contributed by atoms with Gasteiger partial charge in [-0.2, -0.15) is 0 Å². The largest absolute Gasteiger partial charge is 0.362 e. The molecule has 0 aliphatic carbocycles. The lowest BCUT2D eigenvalue weighted by Gasteiger charge is -2.37. The van der Waals surface area contributed by atoms with E-state index >= 15 is 0 Å². The fraction of sp³-hybridized carbons (Fsp3) is 0.391. The van der Waals surface area contributed by atoms with Crippen molar-refractivity contribution in [3.05, 3.63) is 59.9 Å². The van der Waals surface area contributed by atoms with E-state index in [4.69, 9.17) is 0 Å². The van der Waals surface area contributed by atoms with Crippen LogP contribution in [0.15, 0.2) is 48.5 Å². The van der Waals surface area contributed by atoms with Gasteiger partial charge >= 0.3 is 0 Å². The van der Waals surface area contributed by atoms with E-state index < -0.39 is 0 Å².